The number of rotatable bonds is 4. The molecule has 2 rings (SSSR count). The van der Waals surface area contributed by atoms with Gasteiger partial charge in [-0.25, -0.2) is 4.98 Å². The highest BCUT2D eigenvalue weighted by Gasteiger charge is 2.32. The van der Waals surface area contributed by atoms with Gasteiger partial charge in [0, 0.05) is 6.20 Å². The summed E-state index contributed by atoms with van der Waals surface area (Å²) >= 11 is 5.69. The maximum absolute atomic E-state index is 10.4. The zero-order chi connectivity index (χ0) is 9.97. The predicted molar refractivity (Wildman–Crippen MR) is 53.9 cm³/mol. The molecule has 1 aromatic heterocycles. The summed E-state index contributed by atoms with van der Waals surface area (Å²) < 4.78 is 0. The lowest BCUT2D eigenvalue weighted by Crippen LogP contribution is -2.21. The Morgan fingerprint density at radius 1 is 1.57 bits per heavy atom. The molecule has 4 heteroatoms. The van der Waals surface area contributed by atoms with Crippen LogP contribution in [0.3, 0.4) is 0 Å². The van der Waals surface area contributed by atoms with Gasteiger partial charge in [-0.3, -0.25) is 4.79 Å². The van der Waals surface area contributed by atoms with Gasteiger partial charge in [-0.1, -0.05) is 17.7 Å². The first-order chi connectivity index (χ1) is 6.81. The second-order valence-corrected chi connectivity index (χ2v) is 3.90. The number of aromatic nitrogens is 1. The van der Waals surface area contributed by atoms with Gasteiger partial charge in [0.1, 0.15) is 5.15 Å². The summed E-state index contributed by atoms with van der Waals surface area (Å²) in [5.41, 5.74) is 1.03. The van der Waals surface area contributed by atoms with E-state index in [4.69, 9.17) is 11.6 Å². The molecule has 1 fully saturated rings. The van der Waals surface area contributed by atoms with E-state index >= 15 is 0 Å². The molecular formula is C10H11ClN2O. The van der Waals surface area contributed by atoms with Crippen LogP contribution in [-0.2, 0) is 4.79 Å². The average Bonchev–Trinajstić information content (AvgIpc) is 2.99. The van der Waals surface area contributed by atoms with E-state index in [1.165, 1.54) is 12.8 Å². The van der Waals surface area contributed by atoms with Crippen molar-refractivity contribution in [1.82, 2.24) is 10.3 Å². The zero-order valence-corrected chi connectivity index (χ0v) is 8.37. The van der Waals surface area contributed by atoms with Crippen LogP contribution in [-0.4, -0.2) is 11.4 Å². The van der Waals surface area contributed by atoms with Crippen molar-refractivity contribution in [1.29, 1.82) is 0 Å². The van der Waals surface area contributed by atoms with Crippen molar-refractivity contribution < 1.29 is 4.79 Å². The Morgan fingerprint density at radius 2 is 2.36 bits per heavy atom. The van der Waals surface area contributed by atoms with Gasteiger partial charge in [-0.15, -0.1) is 0 Å². The third-order valence-electron chi connectivity index (χ3n) is 2.45. The molecule has 3 nitrogen and oxygen atoms in total. The van der Waals surface area contributed by atoms with E-state index in [2.05, 4.69) is 10.3 Å². The molecule has 1 aliphatic carbocycles. The van der Waals surface area contributed by atoms with Gasteiger partial charge >= 0.3 is 0 Å². The Balaban J connectivity index is 2.16. The summed E-state index contributed by atoms with van der Waals surface area (Å²) in [6, 6.07) is 3.77. The van der Waals surface area contributed by atoms with Crippen LogP contribution in [0.25, 0.3) is 0 Å². The van der Waals surface area contributed by atoms with Gasteiger partial charge in [0.05, 0.1) is 6.04 Å². The molecule has 1 aliphatic rings. The molecule has 0 aromatic carbocycles. The highest BCUT2D eigenvalue weighted by molar-refractivity contribution is 6.29. The minimum atomic E-state index is 0.109. The van der Waals surface area contributed by atoms with Crippen LogP contribution in [0.2, 0.25) is 5.15 Å². The number of carbonyl (C=O) groups is 1. The van der Waals surface area contributed by atoms with Gasteiger partial charge in [-0.05, 0) is 30.4 Å². The van der Waals surface area contributed by atoms with Gasteiger partial charge in [0.15, 0.2) is 0 Å². The molecule has 0 spiro atoms. The lowest BCUT2D eigenvalue weighted by molar-refractivity contribution is -0.110. The first-order valence-electron chi connectivity index (χ1n) is 4.62. The van der Waals surface area contributed by atoms with Crippen molar-refractivity contribution in [3.63, 3.8) is 0 Å². The lowest BCUT2D eigenvalue weighted by atomic mass is 10.1. The fourth-order valence-electron chi connectivity index (χ4n) is 1.58. The molecule has 0 aliphatic heterocycles. The minimum absolute atomic E-state index is 0.109. The monoisotopic (exact) mass is 210 g/mol. The van der Waals surface area contributed by atoms with Crippen LogP contribution in [0.15, 0.2) is 18.3 Å². The van der Waals surface area contributed by atoms with E-state index in [1.807, 2.05) is 6.07 Å². The van der Waals surface area contributed by atoms with Crippen molar-refractivity contribution in [3.05, 3.63) is 29.0 Å². The molecule has 14 heavy (non-hydrogen) atoms. The number of hydrogen-bond donors (Lipinski definition) is 1. The highest BCUT2D eigenvalue weighted by Crippen LogP contribution is 2.40. The van der Waals surface area contributed by atoms with Crippen molar-refractivity contribution in [3.8, 4) is 0 Å². The van der Waals surface area contributed by atoms with Gasteiger partial charge < -0.3 is 5.32 Å². The number of carbonyl (C=O) groups excluding carboxylic acids is 1. The van der Waals surface area contributed by atoms with Crippen molar-refractivity contribution in [2.24, 2.45) is 5.92 Å². The average molecular weight is 211 g/mol. The van der Waals surface area contributed by atoms with E-state index in [9.17, 15) is 4.79 Å². The quantitative estimate of drug-likeness (QED) is 0.610. The van der Waals surface area contributed by atoms with Gasteiger partial charge in [-0.2, -0.15) is 0 Å². The van der Waals surface area contributed by atoms with Gasteiger partial charge in [0.2, 0.25) is 6.41 Å². The van der Waals surface area contributed by atoms with Crippen LogP contribution < -0.4 is 5.32 Å². The molecule has 0 bridgehead atoms. The molecule has 74 valence electrons. The standard InChI is InChI=1S/C10H11ClN2O/c11-9-4-3-8(5-12-9)10(13-6-14)7-1-2-7/h3-7,10H,1-2H2,(H,13,14)/t10-/m1/s1. The maximum Gasteiger partial charge on any atom is 0.207 e. The normalized spacial score (nSPS) is 17.5. The molecule has 0 saturated heterocycles. The number of halogens is 1. The van der Waals surface area contributed by atoms with E-state index < -0.39 is 0 Å². The minimum Gasteiger partial charge on any atom is -0.352 e. The van der Waals surface area contributed by atoms with E-state index in [1.54, 1.807) is 12.3 Å². The predicted octanol–water partition coefficient (Wildman–Crippen LogP) is 1.93. The fourth-order valence-corrected chi connectivity index (χ4v) is 1.69. The van der Waals surface area contributed by atoms with Crippen LogP contribution >= 0.6 is 11.6 Å². The van der Waals surface area contributed by atoms with Crippen molar-refractivity contribution in [2.75, 3.05) is 0 Å². The largest absolute Gasteiger partial charge is 0.352 e. The van der Waals surface area contributed by atoms with Crippen LogP contribution in [0.4, 0.5) is 0 Å². The number of hydrogen-bond acceptors (Lipinski definition) is 2. The smallest absolute Gasteiger partial charge is 0.207 e. The number of pyridine rings is 1. The summed E-state index contributed by atoms with van der Waals surface area (Å²) in [4.78, 5) is 14.4. The summed E-state index contributed by atoms with van der Waals surface area (Å²) in [6.07, 6.45) is 4.82. The van der Waals surface area contributed by atoms with Crippen molar-refractivity contribution >= 4 is 18.0 Å². The summed E-state index contributed by atoms with van der Waals surface area (Å²) in [6.45, 7) is 0. The Morgan fingerprint density at radius 3 is 2.86 bits per heavy atom. The first kappa shape index (κ1) is 9.46. The third-order valence-corrected chi connectivity index (χ3v) is 2.67. The molecular weight excluding hydrogens is 200 g/mol. The Kier molecular flexibility index (Phi) is 2.68. The Hall–Kier alpha value is -1.09. The Bertz CT molecular complexity index is 321. The van der Waals surface area contributed by atoms with Crippen LogP contribution in [0, 0.1) is 5.92 Å². The molecule has 1 amide bonds. The number of amides is 1. The maximum atomic E-state index is 10.4. The molecule has 1 heterocycles. The lowest BCUT2D eigenvalue weighted by Gasteiger charge is -2.14. The first-order valence-corrected chi connectivity index (χ1v) is 5.00. The summed E-state index contributed by atoms with van der Waals surface area (Å²) in [5.74, 6) is 0.572. The van der Waals surface area contributed by atoms with Crippen molar-refractivity contribution in [2.45, 2.75) is 18.9 Å². The summed E-state index contributed by atoms with van der Waals surface area (Å²) in [5, 5.41) is 3.30. The van der Waals surface area contributed by atoms with E-state index in [0.717, 1.165) is 12.0 Å². The fraction of sp³-hybridized carbons (Fsp3) is 0.400. The molecule has 0 unspecified atom stereocenters. The van der Waals surface area contributed by atoms with E-state index in [-0.39, 0.29) is 6.04 Å². The molecule has 0 radical (unpaired) electrons. The summed E-state index contributed by atoms with van der Waals surface area (Å²) in [7, 11) is 0. The second-order valence-electron chi connectivity index (χ2n) is 3.51. The Labute approximate surface area is 87.5 Å². The molecule has 1 atom stereocenters. The number of nitrogens with one attached hydrogen (secondary N) is 1. The van der Waals surface area contributed by atoms with E-state index in [0.29, 0.717) is 11.1 Å². The zero-order valence-electron chi connectivity index (χ0n) is 7.61. The molecule has 1 aromatic rings. The second kappa shape index (κ2) is 3.96. The van der Waals surface area contributed by atoms with Crippen LogP contribution in [0.5, 0.6) is 0 Å². The molecule has 1 saturated carbocycles. The topological polar surface area (TPSA) is 42.0 Å². The van der Waals surface area contributed by atoms with Crippen LogP contribution in [0.1, 0.15) is 24.4 Å². The molecule has 1 N–H and O–H groups in total. The third kappa shape index (κ3) is 2.04. The SMILES string of the molecule is O=CN[C@@H](c1ccc(Cl)nc1)C1CC1. The van der Waals surface area contributed by atoms with Gasteiger partial charge in [0.25, 0.3) is 0 Å². The highest BCUT2D eigenvalue weighted by atomic mass is 35.5. The number of nitrogens with zero attached hydrogens (tertiary/aromatic N) is 1.